The number of unbranched alkanes of at least 4 members (excludes halogenated alkanes) is 2. The fourth-order valence-electron chi connectivity index (χ4n) is 6.99. The van der Waals surface area contributed by atoms with E-state index in [2.05, 4.69) is 29.6 Å². The van der Waals surface area contributed by atoms with Crippen LogP contribution in [-0.4, -0.2) is 54.3 Å². The van der Waals surface area contributed by atoms with Crippen molar-refractivity contribution in [1.29, 1.82) is 0 Å². The van der Waals surface area contributed by atoms with Gasteiger partial charge < -0.3 is 14.8 Å². The highest BCUT2D eigenvalue weighted by Crippen LogP contribution is 2.60. The average molecular weight is 595 g/mol. The van der Waals surface area contributed by atoms with E-state index >= 15 is 0 Å². The van der Waals surface area contributed by atoms with Crippen LogP contribution in [0.3, 0.4) is 0 Å². The van der Waals surface area contributed by atoms with Crippen LogP contribution < -0.4 is 5.32 Å². The summed E-state index contributed by atoms with van der Waals surface area (Å²) in [6, 6.07) is 22.6. The second-order valence-corrected chi connectivity index (χ2v) is 11.4. The minimum Gasteiger partial charge on any atom is -0.462 e. The molecule has 0 aromatic heterocycles. The number of amides is 3. The summed E-state index contributed by atoms with van der Waals surface area (Å²) in [6.45, 7) is 1.89. The van der Waals surface area contributed by atoms with E-state index in [4.69, 9.17) is 9.47 Å². The molecular formula is C35H34N2O7. The Morgan fingerprint density at radius 3 is 1.80 bits per heavy atom. The molecule has 9 heteroatoms. The molecule has 3 aromatic rings. The number of hydrogen-bond acceptors (Lipinski definition) is 7. The van der Waals surface area contributed by atoms with Gasteiger partial charge >= 0.3 is 11.9 Å². The Hall–Kier alpha value is -4.79. The van der Waals surface area contributed by atoms with Crippen LogP contribution in [0.15, 0.2) is 72.8 Å². The van der Waals surface area contributed by atoms with Crippen LogP contribution in [0.25, 0.3) is 0 Å². The molecule has 1 heterocycles. The molecule has 226 valence electrons. The molecule has 9 nitrogen and oxygen atoms in total. The topological polar surface area (TPSA) is 119 Å². The largest absolute Gasteiger partial charge is 0.462 e. The molecule has 0 saturated carbocycles. The van der Waals surface area contributed by atoms with E-state index in [1.165, 1.54) is 4.90 Å². The lowest BCUT2D eigenvalue weighted by atomic mass is 9.55. The minimum absolute atomic E-state index is 0.0973. The first-order valence-corrected chi connectivity index (χ1v) is 15.1. The minimum atomic E-state index is -0.496. The number of rotatable bonds is 11. The number of benzene rings is 3. The number of likely N-dealkylation sites (tertiary alicyclic amines) is 1. The van der Waals surface area contributed by atoms with Crippen molar-refractivity contribution in [1.82, 2.24) is 4.90 Å². The van der Waals surface area contributed by atoms with E-state index < -0.39 is 24.5 Å². The molecule has 2 bridgehead atoms. The second kappa shape index (κ2) is 12.4. The van der Waals surface area contributed by atoms with Gasteiger partial charge in [0.15, 0.2) is 6.61 Å². The smallest absolute Gasteiger partial charge is 0.338 e. The fraction of sp³-hybridized carbons (Fsp3) is 0.343. The highest BCUT2D eigenvalue weighted by molar-refractivity contribution is 6.07. The van der Waals surface area contributed by atoms with E-state index in [0.29, 0.717) is 37.1 Å². The number of carbonyl (C=O) groups is 5. The average Bonchev–Trinajstić information content (AvgIpc) is 3.29. The number of ether oxygens (including phenoxy) is 2. The predicted molar refractivity (Wildman–Crippen MR) is 161 cm³/mol. The molecule has 1 fully saturated rings. The molecule has 3 aromatic carbocycles. The zero-order valence-corrected chi connectivity index (χ0v) is 24.5. The summed E-state index contributed by atoms with van der Waals surface area (Å²) in [6.07, 6.45) is 1.86. The third kappa shape index (κ3) is 5.38. The van der Waals surface area contributed by atoms with Crippen molar-refractivity contribution in [3.8, 4) is 0 Å². The maximum absolute atomic E-state index is 13.7. The maximum atomic E-state index is 13.7. The third-order valence-corrected chi connectivity index (χ3v) is 8.85. The van der Waals surface area contributed by atoms with E-state index in [-0.39, 0.29) is 48.5 Å². The summed E-state index contributed by atoms with van der Waals surface area (Å²) in [5.74, 6) is -2.62. The first kappa shape index (κ1) is 29.3. The Morgan fingerprint density at radius 1 is 0.727 bits per heavy atom. The molecule has 2 atom stereocenters. The van der Waals surface area contributed by atoms with Crippen molar-refractivity contribution in [2.75, 3.05) is 25.1 Å². The van der Waals surface area contributed by atoms with Gasteiger partial charge in [0.05, 0.1) is 24.0 Å². The Kier molecular flexibility index (Phi) is 8.28. The van der Waals surface area contributed by atoms with Crippen LogP contribution in [0.1, 0.15) is 77.1 Å². The van der Waals surface area contributed by atoms with Gasteiger partial charge in [-0.2, -0.15) is 0 Å². The van der Waals surface area contributed by atoms with E-state index in [1.54, 1.807) is 31.2 Å². The van der Waals surface area contributed by atoms with Crippen LogP contribution in [0, 0.1) is 11.8 Å². The van der Waals surface area contributed by atoms with Gasteiger partial charge in [-0.1, -0.05) is 55.0 Å². The number of esters is 2. The summed E-state index contributed by atoms with van der Waals surface area (Å²) in [4.78, 5) is 64.9. The third-order valence-electron chi connectivity index (χ3n) is 8.85. The van der Waals surface area contributed by atoms with Gasteiger partial charge in [-0.3, -0.25) is 24.1 Å². The van der Waals surface area contributed by atoms with Crippen LogP contribution in [0.4, 0.5) is 5.69 Å². The molecule has 0 spiro atoms. The van der Waals surface area contributed by atoms with Crippen molar-refractivity contribution in [2.24, 2.45) is 11.8 Å². The normalized spacial score (nSPS) is 20.9. The van der Waals surface area contributed by atoms with Gasteiger partial charge in [-0.05, 0) is 66.3 Å². The van der Waals surface area contributed by atoms with Crippen molar-refractivity contribution < 1.29 is 33.4 Å². The van der Waals surface area contributed by atoms with Gasteiger partial charge in [0, 0.05) is 30.5 Å². The number of hydrogen-bond donors (Lipinski definition) is 1. The Labute approximate surface area is 255 Å². The molecule has 1 N–H and O–H groups in total. The quantitative estimate of drug-likeness (QED) is 0.193. The number of carbonyl (C=O) groups excluding carboxylic acids is 5. The predicted octanol–water partition coefficient (Wildman–Crippen LogP) is 4.80. The number of nitrogens with zero attached hydrogens (tertiary/aromatic N) is 1. The summed E-state index contributed by atoms with van der Waals surface area (Å²) < 4.78 is 10.0. The second-order valence-electron chi connectivity index (χ2n) is 11.4. The van der Waals surface area contributed by atoms with Gasteiger partial charge in [0.2, 0.25) is 11.8 Å². The van der Waals surface area contributed by atoms with Crippen molar-refractivity contribution in [3.63, 3.8) is 0 Å². The lowest BCUT2D eigenvalue weighted by Crippen LogP contribution is -2.41. The summed E-state index contributed by atoms with van der Waals surface area (Å²) in [5, 5.41) is 2.62. The Bertz CT molecular complexity index is 1500. The SMILES string of the molecule is CCOC(=O)c1ccc(NC(=O)COC(=O)CCCCCN2C(=O)[C@H]3C4c5ccccc5C(c5ccccc54)[C@@H]3C2=O)cc1. The first-order chi connectivity index (χ1) is 21.4. The highest BCUT2D eigenvalue weighted by atomic mass is 16.5. The van der Waals surface area contributed by atoms with Gasteiger partial charge in [0.1, 0.15) is 0 Å². The van der Waals surface area contributed by atoms with E-state index in [0.717, 1.165) is 22.3 Å². The fourth-order valence-corrected chi connectivity index (χ4v) is 6.99. The van der Waals surface area contributed by atoms with Gasteiger partial charge in [-0.15, -0.1) is 0 Å². The Balaban J connectivity index is 0.956. The van der Waals surface area contributed by atoms with Crippen LogP contribution in [0.5, 0.6) is 0 Å². The highest BCUT2D eigenvalue weighted by Gasteiger charge is 2.61. The molecule has 1 saturated heterocycles. The molecular weight excluding hydrogens is 560 g/mol. The lowest BCUT2D eigenvalue weighted by molar-refractivity contribution is -0.147. The van der Waals surface area contributed by atoms with Crippen LogP contribution in [-0.2, 0) is 28.7 Å². The standard InChI is InChI=1S/C35H34N2O7/c1-2-43-35(42)21-15-17-22(18-16-21)36-27(38)20-44-28(39)14-4-3-9-19-37-33(40)31-29-23-10-5-6-11-24(23)30(32(31)34(37)41)26-13-8-7-12-25(26)29/h5-8,10-13,15-18,29-32H,2-4,9,14,19-20H2,1H3,(H,36,38)/t29?,30?,31-,32-/m0/s1. The van der Waals surface area contributed by atoms with Crippen LogP contribution in [0.2, 0.25) is 0 Å². The van der Waals surface area contributed by atoms with Crippen molar-refractivity contribution in [3.05, 3.63) is 101 Å². The molecule has 0 unspecified atom stereocenters. The number of anilines is 1. The molecule has 44 heavy (non-hydrogen) atoms. The van der Waals surface area contributed by atoms with Crippen molar-refractivity contribution >= 4 is 35.3 Å². The number of nitrogens with one attached hydrogen (secondary N) is 1. The first-order valence-electron chi connectivity index (χ1n) is 15.1. The lowest BCUT2D eigenvalue weighted by Gasteiger charge is -2.45. The summed E-state index contributed by atoms with van der Waals surface area (Å²) in [7, 11) is 0. The van der Waals surface area contributed by atoms with Gasteiger partial charge in [0.25, 0.3) is 5.91 Å². The molecule has 1 aliphatic heterocycles. The summed E-state index contributed by atoms with van der Waals surface area (Å²) in [5.41, 5.74) is 5.44. The Morgan fingerprint density at radius 2 is 1.27 bits per heavy atom. The molecule has 7 rings (SSSR count). The maximum Gasteiger partial charge on any atom is 0.338 e. The zero-order chi connectivity index (χ0) is 30.8. The molecule has 0 radical (unpaired) electrons. The van der Waals surface area contributed by atoms with E-state index in [1.807, 2.05) is 24.3 Å². The molecule has 3 amide bonds. The molecule has 3 aliphatic carbocycles. The van der Waals surface area contributed by atoms with E-state index in [9.17, 15) is 24.0 Å². The summed E-state index contributed by atoms with van der Waals surface area (Å²) >= 11 is 0. The van der Waals surface area contributed by atoms with Gasteiger partial charge in [-0.25, -0.2) is 4.79 Å². The monoisotopic (exact) mass is 594 g/mol. The molecule has 4 aliphatic rings. The number of imide groups is 1. The zero-order valence-electron chi connectivity index (χ0n) is 24.5. The van der Waals surface area contributed by atoms with Crippen molar-refractivity contribution in [2.45, 2.75) is 44.4 Å². The van der Waals surface area contributed by atoms with Crippen LogP contribution >= 0.6 is 0 Å².